The van der Waals surface area contributed by atoms with Gasteiger partial charge < -0.3 is 14.4 Å². The third-order valence-corrected chi connectivity index (χ3v) is 6.06. The Balaban J connectivity index is 1.66. The van der Waals surface area contributed by atoms with Crippen LogP contribution in [0.25, 0.3) is 0 Å². The fraction of sp³-hybridized carbons (Fsp3) is 0.381. The zero-order valence-electron chi connectivity index (χ0n) is 15.7. The number of benzene rings is 2. The molecule has 0 bridgehead atoms. The summed E-state index contributed by atoms with van der Waals surface area (Å²) in [7, 11) is 3.35. The van der Waals surface area contributed by atoms with Crippen molar-refractivity contribution in [2.75, 3.05) is 14.2 Å². The number of carbonyl (C=O) groups is 1. The van der Waals surface area contributed by atoms with Gasteiger partial charge in [-0.05, 0) is 36.6 Å². The summed E-state index contributed by atoms with van der Waals surface area (Å²) in [4.78, 5) is 14.3. The molecule has 0 N–H and O–H groups in total. The van der Waals surface area contributed by atoms with Crippen LogP contribution in [-0.2, 0) is 17.9 Å². The van der Waals surface area contributed by atoms with Crippen LogP contribution in [-0.4, -0.2) is 29.3 Å². The molecule has 27 heavy (non-hydrogen) atoms. The number of halogens is 2. The number of alkyl halides is 2. The van der Waals surface area contributed by atoms with E-state index in [4.69, 9.17) is 32.7 Å². The quantitative estimate of drug-likeness (QED) is 0.617. The van der Waals surface area contributed by atoms with Crippen LogP contribution in [0.2, 0.25) is 0 Å². The molecule has 0 radical (unpaired) electrons. The minimum absolute atomic E-state index is 0.0594. The summed E-state index contributed by atoms with van der Waals surface area (Å²) in [5.74, 6) is 1.23. The molecule has 0 unspecified atom stereocenters. The Labute approximate surface area is 170 Å². The molecule has 0 heterocycles. The third kappa shape index (κ3) is 4.17. The molecule has 2 aromatic carbocycles. The number of hydrogen-bond acceptors (Lipinski definition) is 3. The first-order valence-corrected chi connectivity index (χ1v) is 9.49. The zero-order valence-corrected chi connectivity index (χ0v) is 17.2. The summed E-state index contributed by atoms with van der Waals surface area (Å²) in [5, 5.41) is 0. The fourth-order valence-corrected chi connectivity index (χ4v) is 3.76. The van der Waals surface area contributed by atoms with E-state index in [1.807, 2.05) is 48.5 Å². The Morgan fingerprint density at radius 1 is 1.11 bits per heavy atom. The van der Waals surface area contributed by atoms with Gasteiger partial charge in [-0.3, -0.25) is 4.79 Å². The second-order valence-corrected chi connectivity index (χ2v) is 8.62. The molecular formula is C21H23Cl2NO3. The Kier molecular flexibility index (Phi) is 5.59. The maximum Gasteiger partial charge on any atom is 0.231 e. The second kappa shape index (κ2) is 7.61. The molecule has 1 atom stereocenters. The van der Waals surface area contributed by atoms with Crippen LogP contribution >= 0.6 is 23.2 Å². The largest absolute Gasteiger partial charge is 0.493 e. The van der Waals surface area contributed by atoms with E-state index in [9.17, 15) is 4.79 Å². The van der Waals surface area contributed by atoms with Gasteiger partial charge in [-0.15, -0.1) is 23.2 Å². The molecule has 0 aromatic heterocycles. The molecular weight excluding hydrogens is 385 g/mol. The fourth-order valence-electron chi connectivity index (χ4n) is 3.06. The number of hydrogen-bond donors (Lipinski definition) is 0. The highest BCUT2D eigenvalue weighted by molar-refractivity contribution is 6.53. The van der Waals surface area contributed by atoms with Crippen LogP contribution in [0.1, 0.15) is 24.5 Å². The maximum atomic E-state index is 12.6. The van der Waals surface area contributed by atoms with Crippen LogP contribution in [0.4, 0.5) is 0 Å². The van der Waals surface area contributed by atoms with Crippen LogP contribution in [0.5, 0.6) is 11.5 Å². The highest BCUT2D eigenvalue weighted by atomic mass is 35.5. The lowest BCUT2D eigenvalue weighted by molar-refractivity contribution is -0.135. The average molecular weight is 408 g/mol. The molecule has 1 fully saturated rings. The lowest BCUT2D eigenvalue weighted by atomic mass is 10.1. The molecule has 0 aliphatic heterocycles. The van der Waals surface area contributed by atoms with Crippen molar-refractivity contribution in [1.29, 1.82) is 0 Å². The van der Waals surface area contributed by atoms with E-state index in [1.165, 1.54) is 0 Å². The summed E-state index contributed by atoms with van der Waals surface area (Å²) in [6, 6.07) is 15.6. The van der Waals surface area contributed by atoms with Crippen molar-refractivity contribution in [1.82, 2.24) is 4.90 Å². The van der Waals surface area contributed by atoms with Crippen molar-refractivity contribution in [3.05, 3.63) is 59.7 Å². The summed E-state index contributed by atoms with van der Waals surface area (Å²) < 4.78 is 10.4. The van der Waals surface area contributed by atoms with E-state index in [-0.39, 0.29) is 5.91 Å². The minimum Gasteiger partial charge on any atom is -0.493 e. The molecule has 6 heteroatoms. The van der Waals surface area contributed by atoms with Gasteiger partial charge in [0.15, 0.2) is 11.5 Å². The number of rotatable bonds is 7. The van der Waals surface area contributed by atoms with E-state index in [0.717, 1.165) is 11.1 Å². The summed E-state index contributed by atoms with van der Waals surface area (Å²) in [6.07, 6.45) is 0.474. The van der Waals surface area contributed by atoms with E-state index in [2.05, 4.69) is 0 Å². The Morgan fingerprint density at radius 2 is 1.78 bits per heavy atom. The first-order valence-electron chi connectivity index (χ1n) is 8.74. The van der Waals surface area contributed by atoms with Crippen LogP contribution < -0.4 is 9.47 Å². The highest BCUT2D eigenvalue weighted by Gasteiger charge is 2.68. The van der Waals surface area contributed by atoms with Gasteiger partial charge in [-0.2, -0.15) is 0 Å². The predicted molar refractivity (Wildman–Crippen MR) is 107 cm³/mol. The number of carbonyl (C=O) groups excluding carboxylic acids is 1. The normalized spacial score (nSPS) is 20.0. The van der Waals surface area contributed by atoms with Gasteiger partial charge in [-0.1, -0.05) is 36.4 Å². The van der Waals surface area contributed by atoms with Gasteiger partial charge >= 0.3 is 0 Å². The third-order valence-electron chi connectivity index (χ3n) is 4.96. The maximum absolute atomic E-state index is 12.6. The Bertz CT molecular complexity index is 825. The Hall–Kier alpha value is -1.91. The molecule has 1 amide bonds. The van der Waals surface area contributed by atoms with E-state index < -0.39 is 9.75 Å². The zero-order chi connectivity index (χ0) is 19.7. The molecule has 1 saturated carbocycles. The average Bonchev–Trinajstić information content (AvgIpc) is 3.19. The molecule has 2 aromatic rings. The lowest BCUT2D eigenvalue weighted by Crippen LogP contribution is -2.34. The van der Waals surface area contributed by atoms with E-state index in [0.29, 0.717) is 31.1 Å². The molecule has 1 aliphatic carbocycles. The summed E-state index contributed by atoms with van der Waals surface area (Å²) in [5.41, 5.74) is 1.30. The van der Waals surface area contributed by atoms with Crippen molar-refractivity contribution < 1.29 is 14.3 Å². The molecule has 3 rings (SSSR count). The van der Waals surface area contributed by atoms with Crippen LogP contribution in [0.3, 0.4) is 0 Å². The summed E-state index contributed by atoms with van der Waals surface area (Å²) >= 11 is 12.3. The molecule has 1 aliphatic rings. The van der Waals surface area contributed by atoms with Gasteiger partial charge in [0, 0.05) is 13.6 Å². The smallest absolute Gasteiger partial charge is 0.231 e. The lowest BCUT2D eigenvalue weighted by Gasteiger charge is -2.23. The topological polar surface area (TPSA) is 38.8 Å². The number of ether oxygens (including phenoxy) is 2. The van der Waals surface area contributed by atoms with Crippen molar-refractivity contribution in [2.24, 2.45) is 5.41 Å². The van der Waals surface area contributed by atoms with Crippen molar-refractivity contribution in [3.63, 3.8) is 0 Å². The molecule has 0 spiro atoms. The molecule has 144 valence electrons. The standard InChI is InChI=1S/C21H23Cl2NO3/c1-20(14-21(20,22)23)19(25)24(2)12-16-9-10-17(18(11-16)26-3)27-13-15-7-5-4-6-8-15/h4-11H,12-14H2,1-3H3/t20-/m1/s1. The Morgan fingerprint density at radius 3 is 2.37 bits per heavy atom. The SMILES string of the molecule is COc1cc(CN(C)C(=O)[C@@]2(C)CC2(Cl)Cl)ccc1OCc1ccccc1. The first kappa shape index (κ1) is 19.8. The van der Waals surface area contributed by atoms with Gasteiger partial charge in [0.25, 0.3) is 0 Å². The van der Waals surface area contributed by atoms with Gasteiger partial charge in [0.1, 0.15) is 10.9 Å². The monoisotopic (exact) mass is 407 g/mol. The first-order chi connectivity index (χ1) is 12.8. The molecule has 4 nitrogen and oxygen atoms in total. The molecule has 0 saturated heterocycles. The predicted octanol–water partition coefficient (Wildman–Crippen LogP) is 4.82. The van der Waals surface area contributed by atoms with Gasteiger partial charge in [0.2, 0.25) is 5.91 Å². The van der Waals surface area contributed by atoms with Crippen LogP contribution in [0, 0.1) is 5.41 Å². The summed E-state index contributed by atoms with van der Waals surface area (Å²) in [6.45, 7) is 2.70. The number of nitrogens with zero attached hydrogens (tertiary/aromatic N) is 1. The van der Waals surface area contributed by atoms with Gasteiger partial charge in [-0.25, -0.2) is 0 Å². The minimum atomic E-state index is -0.967. The number of amides is 1. The van der Waals surface area contributed by atoms with Crippen molar-refractivity contribution in [2.45, 2.75) is 30.8 Å². The number of methoxy groups -OCH3 is 1. The van der Waals surface area contributed by atoms with Crippen molar-refractivity contribution >= 4 is 29.1 Å². The highest BCUT2D eigenvalue weighted by Crippen LogP contribution is 2.64. The van der Waals surface area contributed by atoms with Crippen molar-refractivity contribution in [3.8, 4) is 11.5 Å². The second-order valence-electron chi connectivity index (χ2n) is 7.13. The van der Waals surface area contributed by atoms with Crippen LogP contribution in [0.15, 0.2) is 48.5 Å². The van der Waals surface area contributed by atoms with E-state index in [1.54, 1.807) is 26.0 Å². The van der Waals surface area contributed by atoms with E-state index >= 15 is 0 Å². The van der Waals surface area contributed by atoms with Gasteiger partial charge in [0.05, 0.1) is 12.5 Å².